The van der Waals surface area contributed by atoms with Gasteiger partial charge in [-0.25, -0.2) is 0 Å². The molecule has 0 unspecified atom stereocenters. The van der Waals surface area contributed by atoms with Gasteiger partial charge in [0.15, 0.2) is 0 Å². The van der Waals surface area contributed by atoms with Crippen LogP contribution < -0.4 is 15.0 Å². The third kappa shape index (κ3) is 4.21. The minimum absolute atomic E-state index is 0.432. The normalized spacial score (nSPS) is 15.2. The SMILES string of the molecule is CCCCCOc1nc(NC)nc(N2CCCCC2)n1. The lowest BCUT2D eigenvalue weighted by atomic mass is 10.1. The van der Waals surface area contributed by atoms with Gasteiger partial charge >= 0.3 is 6.01 Å². The predicted molar refractivity (Wildman–Crippen MR) is 80.5 cm³/mol. The fourth-order valence-corrected chi connectivity index (χ4v) is 2.27. The van der Waals surface area contributed by atoms with Crippen molar-refractivity contribution in [2.24, 2.45) is 0 Å². The molecule has 20 heavy (non-hydrogen) atoms. The van der Waals surface area contributed by atoms with Crippen molar-refractivity contribution in [1.29, 1.82) is 0 Å². The Bertz CT molecular complexity index is 407. The van der Waals surface area contributed by atoms with Crippen LogP contribution in [-0.2, 0) is 0 Å². The van der Waals surface area contributed by atoms with E-state index in [1.165, 1.54) is 32.1 Å². The fraction of sp³-hybridized carbons (Fsp3) is 0.786. The van der Waals surface area contributed by atoms with Crippen LogP contribution in [0.25, 0.3) is 0 Å². The zero-order chi connectivity index (χ0) is 14.2. The molecule has 1 saturated heterocycles. The van der Waals surface area contributed by atoms with E-state index in [1.807, 2.05) is 7.05 Å². The second kappa shape index (κ2) is 7.87. The summed E-state index contributed by atoms with van der Waals surface area (Å²) in [6.07, 6.45) is 7.09. The third-order valence-electron chi connectivity index (χ3n) is 3.44. The molecule has 112 valence electrons. The van der Waals surface area contributed by atoms with Gasteiger partial charge in [0.05, 0.1) is 6.61 Å². The first kappa shape index (κ1) is 14.8. The highest BCUT2D eigenvalue weighted by Crippen LogP contribution is 2.19. The molecule has 0 bridgehead atoms. The van der Waals surface area contributed by atoms with E-state index >= 15 is 0 Å². The van der Waals surface area contributed by atoms with Crippen molar-refractivity contribution in [1.82, 2.24) is 15.0 Å². The zero-order valence-electron chi connectivity index (χ0n) is 12.6. The van der Waals surface area contributed by atoms with Gasteiger partial charge in [-0.05, 0) is 25.7 Å². The minimum Gasteiger partial charge on any atom is -0.463 e. The average Bonchev–Trinajstić information content (AvgIpc) is 2.52. The molecule has 0 radical (unpaired) electrons. The summed E-state index contributed by atoms with van der Waals surface area (Å²) in [7, 11) is 1.82. The molecule has 0 aliphatic carbocycles. The number of hydrogen-bond donors (Lipinski definition) is 1. The van der Waals surface area contributed by atoms with E-state index in [-0.39, 0.29) is 0 Å². The second-order valence-corrected chi connectivity index (χ2v) is 5.09. The number of aromatic nitrogens is 3. The number of piperidine rings is 1. The van der Waals surface area contributed by atoms with Crippen LogP contribution in [0.5, 0.6) is 6.01 Å². The lowest BCUT2D eigenvalue weighted by Gasteiger charge is -2.26. The Hall–Kier alpha value is -1.59. The predicted octanol–water partition coefficient (Wildman–Crippen LogP) is 2.47. The molecule has 1 N–H and O–H groups in total. The van der Waals surface area contributed by atoms with Crippen molar-refractivity contribution in [3.05, 3.63) is 0 Å². The number of anilines is 2. The molecule has 1 aromatic heterocycles. The molecule has 0 saturated carbocycles. The second-order valence-electron chi connectivity index (χ2n) is 5.09. The van der Waals surface area contributed by atoms with Gasteiger partial charge in [0.25, 0.3) is 0 Å². The van der Waals surface area contributed by atoms with E-state index in [0.717, 1.165) is 25.5 Å². The molecule has 6 nitrogen and oxygen atoms in total. The minimum atomic E-state index is 0.432. The lowest BCUT2D eigenvalue weighted by molar-refractivity contribution is 0.282. The topological polar surface area (TPSA) is 63.2 Å². The highest BCUT2D eigenvalue weighted by atomic mass is 16.5. The third-order valence-corrected chi connectivity index (χ3v) is 3.44. The summed E-state index contributed by atoms with van der Waals surface area (Å²) < 4.78 is 5.65. The van der Waals surface area contributed by atoms with E-state index in [4.69, 9.17) is 4.74 Å². The smallest absolute Gasteiger partial charge is 0.323 e. The first-order chi connectivity index (χ1) is 9.83. The lowest BCUT2D eigenvalue weighted by Crippen LogP contribution is -2.31. The standard InChI is InChI=1S/C14H25N5O/c1-3-4-8-11-20-14-17-12(15-2)16-13(18-14)19-9-6-5-7-10-19/h3-11H2,1-2H3,(H,15,16,17,18). The van der Waals surface area contributed by atoms with E-state index in [9.17, 15) is 0 Å². The van der Waals surface area contributed by atoms with Crippen molar-refractivity contribution >= 4 is 11.9 Å². The number of hydrogen-bond acceptors (Lipinski definition) is 6. The van der Waals surface area contributed by atoms with Crippen LogP contribution in [-0.4, -0.2) is 41.7 Å². The summed E-state index contributed by atoms with van der Waals surface area (Å²) in [5, 5.41) is 2.98. The van der Waals surface area contributed by atoms with Crippen LogP contribution in [0.4, 0.5) is 11.9 Å². The highest BCUT2D eigenvalue weighted by Gasteiger charge is 2.16. The molecule has 0 aromatic carbocycles. The van der Waals surface area contributed by atoms with Crippen LogP contribution in [0.15, 0.2) is 0 Å². The summed E-state index contributed by atoms with van der Waals surface area (Å²) in [5.74, 6) is 1.31. The molecule has 2 rings (SSSR count). The van der Waals surface area contributed by atoms with Crippen molar-refractivity contribution in [3.63, 3.8) is 0 Å². The van der Waals surface area contributed by atoms with Crippen LogP contribution in [0.1, 0.15) is 45.4 Å². The molecular weight excluding hydrogens is 254 g/mol. The van der Waals surface area contributed by atoms with E-state index < -0.39 is 0 Å². The first-order valence-electron chi connectivity index (χ1n) is 7.65. The Morgan fingerprint density at radius 3 is 2.60 bits per heavy atom. The van der Waals surface area contributed by atoms with Gasteiger partial charge in [0.1, 0.15) is 0 Å². The summed E-state index contributed by atoms with van der Waals surface area (Å²) >= 11 is 0. The zero-order valence-corrected chi connectivity index (χ0v) is 12.6. The number of rotatable bonds is 7. The largest absolute Gasteiger partial charge is 0.463 e. The van der Waals surface area contributed by atoms with Gasteiger partial charge in [-0.2, -0.15) is 15.0 Å². The van der Waals surface area contributed by atoms with Crippen molar-refractivity contribution in [2.45, 2.75) is 45.4 Å². The number of ether oxygens (including phenoxy) is 1. The molecule has 1 aliphatic rings. The Labute approximate surface area is 121 Å². The van der Waals surface area contributed by atoms with E-state index in [2.05, 4.69) is 32.1 Å². The van der Waals surface area contributed by atoms with Crippen LogP contribution >= 0.6 is 0 Å². The molecule has 6 heteroatoms. The number of unbranched alkanes of at least 4 members (excludes halogenated alkanes) is 2. The van der Waals surface area contributed by atoms with Crippen molar-refractivity contribution < 1.29 is 4.74 Å². The van der Waals surface area contributed by atoms with Gasteiger partial charge in [-0.3, -0.25) is 0 Å². The fourth-order valence-electron chi connectivity index (χ4n) is 2.27. The highest BCUT2D eigenvalue weighted by molar-refractivity contribution is 5.38. The van der Waals surface area contributed by atoms with Crippen molar-refractivity contribution in [3.8, 4) is 6.01 Å². The molecule has 0 atom stereocenters. The van der Waals surface area contributed by atoms with Crippen LogP contribution in [0, 0.1) is 0 Å². The Morgan fingerprint density at radius 1 is 1.10 bits per heavy atom. The Morgan fingerprint density at radius 2 is 1.90 bits per heavy atom. The maximum atomic E-state index is 5.65. The molecular formula is C14H25N5O. The van der Waals surface area contributed by atoms with Gasteiger partial charge in [-0.15, -0.1) is 0 Å². The quantitative estimate of drug-likeness (QED) is 0.774. The molecule has 0 spiro atoms. The Kier molecular flexibility index (Phi) is 5.83. The monoisotopic (exact) mass is 279 g/mol. The first-order valence-corrected chi connectivity index (χ1v) is 7.65. The number of nitrogens with one attached hydrogen (secondary N) is 1. The maximum Gasteiger partial charge on any atom is 0.323 e. The van der Waals surface area contributed by atoms with Crippen LogP contribution in [0.3, 0.4) is 0 Å². The molecule has 1 aromatic rings. The van der Waals surface area contributed by atoms with E-state index in [0.29, 0.717) is 18.6 Å². The van der Waals surface area contributed by atoms with Crippen LogP contribution in [0.2, 0.25) is 0 Å². The van der Waals surface area contributed by atoms with E-state index in [1.54, 1.807) is 0 Å². The van der Waals surface area contributed by atoms with Gasteiger partial charge in [-0.1, -0.05) is 19.8 Å². The maximum absolute atomic E-state index is 5.65. The Balaban J connectivity index is 2.03. The summed E-state index contributed by atoms with van der Waals surface area (Å²) in [5.41, 5.74) is 0. The molecule has 0 amide bonds. The average molecular weight is 279 g/mol. The molecule has 1 fully saturated rings. The summed E-state index contributed by atoms with van der Waals surface area (Å²) in [4.78, 5) is 15.4. The molecule has 1 aliphatic heterocycles. The summed E-state index contributed by atoms with van der Waals surface area (Å²) in [6, 6.07) is 0.432. The summed E-state index contributed by atoms with van der Waals surface area (Å²) in [6.45, 7) is 4.88. The number of nitrogens with zero attached hydrogens (tertiary/aromatic N) is 4. The van der Waals surface area contributed by atoms with Gasteiger partial charge < -0.3 is 15.0 Å². The molecule has 2 heterocycles. The van der Waals surface area contributed by atoms with Crippen molar-refractivity contribution in [2.75, 3.05) is 37.0 Å². The van der Waals surface area contributed by atoms with Gasteiger partial charge in [0.2, 0.25) is 11.9 Å². The van der Waals surface area contributed by atoms with Gasteiger partial charge in [0, 0.05) is 20.1 Å².